The first kappa shape index (κ1) is 16.5. The van der Waals surface area contributed by atoms with Gasteiger partial charge in [-0.2, -0.15) is 5.10 Å². The largest absolute Gasteiger partial charge is 0.310 e. The Hall–Kier alpha value is -0.920. The molecule has 0 fully saturated rings. The summed E-state index contributed by atoms with van der Waals surface area (Å²) in [4.78, 5) is 0. The predicted molar refractivity (Wildman–Crippen MR) is 83.6 cm³/mol. The molecule has 1 aromatic rings. The monoisotopic (exact) mass is 314 g/mol. The highest BCUT2D eigenvalue weighted by Gasteiger charge is 2.22. The zero-order valence-electron chi connectivity index (χ0n) is 13.2. The molecule has 2 rings (SSSR count). The molecule has 1 aliphatic carbocycles. The van der Waals surface area contributed by atoms with Gasteiger partial charge in [0.2, 0.25) is 10.0 Å². The van der Waals surface area contributed by atoms with E-state index in [2.05, 4.69) is 10.4 Å². The van der Waals surface area contributed by atoms with E-state index in [1.54, 1.807) is 0 Å². The van der Waals surface area contributed by atoms with E-state index in [1.807, 2.05) is 24.9 Å². The van der Waals surface area contributed by atoms with Gasteiger partial charge in [-0.15, -0.1) is 0 Å². The van der Waals surface area contributed by atoms with Gasteiger partial charge in [0.25, 0.3) is 0 Å². The molecule has 120 valence electrons. The van der Waals surface area contributed by atoms with Crippen LogP contribution in [0.4, 0.5) is 0 Å². The summed E-state index contributed by atoms with van der Waals surface area (Å²) in [6.07, 6.45) is 7.46. The minimum absolute atomic E-state index is 0.357. The van der Waals surface area contributed by atoms with E-state index in [4.69, 9.17) is 0 Å². The van der Waals surface area contributed by atoms with Crippen molar-refractivity contribution in [3.63, 3.8) is 0 Å². The van der Waals surface area contributed by atoms with Crippen molar-refractivity contribution in [2.75, 3.05) is 25.9 Å². The molecule has 0 amide bonds. The molecule has 1 unspecified atom stereocenters. The van der Waals surface area contributed by atoms with Crippen molar-refractivity contribution >= 4 is 10.0 Å². The van der Waals surface area contributed by atoms with E-state index >= 15 is 0 Å². The van der Waals surface area contributed by atoms with E-state index in [9.17, 15) is 8.42 Å². The van der Waals surface area contributed by atoms with Crippen molar-refractivity contribution in [1.29, 1.82) is 0 Å². The van der Waals surface area contributed by atoms with Gasteiger partial charge in [0.05, 0.1) is 12.5 Å². The summed E-state index contributed by atoms with van der Waals surface area (Å²) in [6, 6.07) is 0.357. The molecule has 1 N–H and O–H groups in total. The lowest BCUT2D eigenvalue weighted by molar-refractivity contribution is 0.399. The standard InChI is InChI=1S/C14H26N4O2S/c1-4-18(21(3,19)20)10-6-9-15-13-7-5-8-14-12(13)11-16-17(14)2/h11,13,15H,4-10H2,1-3H3. The summed E-state index contributed by atoms with van der Waals surface area (Å²) in [5.41, 5.74) is 2.63. The van der Waals surface area contributed by atoms with Gasteiger partial charge in [-0.3, -0.25) is 4.68 Å². The molecule has 0 radical (unpaired) electrons. The molecule has 0 bridgehead atoms. The summed E-state index contributed by atoms with van der Waals surface area (Å²) in [6.45, 7) is 3.81. The number of aromatic nitrogens is 2. The Kier molecular flexibility index (Phi) is 5.40. The lowest BCUT2D eigenvalue weighted by atomic mass is 9.93. The lowest BCUT2D eigenvalue weighted by Crippen LogP contribution is -2.33. The Balaban J connectivity index is 1.82. The topological polar surface area (TPSA) is 67.2 Å². The van der Waals surface area contributed by atoms with Gasteiger partial charge in [-0.25, -0.2) is 12.7 Å². The summed E-state index contributed by atoms with van der Waals surface area (Å²) in [5.74, 6) is 0. The summed E-state index contributed by atoms with van der Waals surface area (Å²) in [5, 5.41) is 7.89. The van der Waals surface area contributed by atoms with Gasteiger partial charge >= 0.3 is 0 Å². The fourth-order valence-corrected chi connectivity index (χ4v) is 3.94. The highest BCUT2D eigenvalue weighted by molar-refractivity contribution is 7.88. The molecule has 0 saturated heterocycles. The van der Waals surface area contributed by atoms with Crippen molar-refractivity contribution in [1.82, 2.24) is 19.4 Å². The molecule has 0 saturated carbocycles. The highest BCUT2D eigenvalue weighted by Crippen LogP contribution is 2.28. The number of hydrogen-bond acceptors (Lipinski definition) is 4. The molecule has 1 atom stereocenters. The third-order valence-electron chi connectivity index (χ3n) is 4.17. The van der Waals surface area contributed by atoms with Gasteiger partial charge in [0, 0.05) is 37.4 Å². The SMILES string of the molecule is CCN(CCCNC1CCCc2c1cnn2C)S(C)(=O)=O. The quantitative estimate of drug-likeness (QED) is 0.764. The zero-order chi connectivity index (χ0) is 15.5. The van der Waals surface area contributed by atoms with Crippen LogP contribution in [0.3, 0.4) is 0 Å². The van der Waals surface area contributed by atoms with Gasteiger partial charge < -0.3 is 5.32 Å². The van der Waals surface area contributed by atoms with E-state index in [0.29, 0.717) is 19.1 Å². The first-order valence-corrected chi connectivity index (χ1v) is 9.47. The molecule has 0 spiro atoms. The molecule has 0 aliphatic heterocycles. The smallest absolute Gasteiger partial charge is 0.211 e. The number of rotatable bonds is 7. The average molecular weight is 314 g/mol. The van der Waals surface area contributed by atoms with Crippen LogP contribution in [-0.4, -0.2) is 48.4 Å². The number of sulfonamides is 1. The third kappa shape index (κ3) is 4.05. The lowest BCUT2D eigenvalue weighted by Gasteiger charge is -2.24. The summed E-state index contributed by atoms with van der Waals surface area (Å²) >= 11 is 0. The second-order valence-electron chi connectivity index (χ2n) is 5.68. The molecular weight excluding hydrogens is 288 g/mol. The number of aryl methyl sites for hydroxylation is 1. The first-order valence-electron chi connectivity index (χ1n) is 7.62. The highest BCUT2D eigenvalue weighted by atomic mass is 32.2. The molecule has 1 aromatic heterocycles. The normalized spacial score (nSPS) is 19.0. The molecular formula is C14H26N4O2S. The van der Waals surface area contributed by atoms with Crippen molar-refractivity contribution in [2.45, 2.75) is 38.6 Å². The van der Waals surface area contributed by atoms with Crippen LogP contribution >= 0.6 is 0 Å². The Morgan fingerprint density at radius 1 is 1.52 bits per heavy atom. The molecule has 6 nitrogen and oxygen atoms in total. The fraction of sp³-hybridized carbons (Fsp3) is 0.786. The van der Waals surface area contributed by atoms with Crippen LogP contribution in [0.1, 0.15) is 43.5 Å². The van der Waals surface area contributed by atoms with Crippen LogP contribution < -0.4 is 5.32 Å². The van der Waals surface area contributed by atoms with Crippen molar-refractivity contribution in [3.8, 4) is 0 Å². The summed E-state index contributed by atoms with van der Waals surface area (Å²) < 4.78 is 26.5. The van der Waals surface area contributed by atoms with Gasteiger partial charge in [0.1, 0.15) is 0 Å². The minimum atomic E-state index is -3.07. The van der Waals surface area contributed by atoms with Crippen LogP contribution in [0.15, 0.2) is 6.20 Å². The maximum atomic E-state index is 11.5. The van der Waals surface area contributed by atoms with Crippen LogP contribution in [0.2, 0.25) is 0 Å². The molecule has 0 aromatic carbocycles. The third-order valence-corrected chi connectivity index (χ3v) is 5.55. The van der Waals surface area contributed by atoms with Crippen molar-refractivity contribution < 1.29 is 8.42 Å². The maximum Gasteiger partial charge on any atom is 0.211 e. The Morgan fingerprint density at radius 2 is 2.29 bits per heavy atom. The Labute approximate surface area is 127 Å². The fourth-order valence-electron chi connectivity index (χ4n) is 3.01. The van der Waals surface area contributed by atoms with Crippen molar-refractivity contribution in [3.05, 3.63) is 17.5 Å². The van der Waals surface area contributed by atoms with Crippen LogP contribution in [0.25, 0.3) is 0 Å². The summed E-state index contributed by atoms with van der Waals surface area (Å²) in [7, 11) is -1.08. The van der Waals surface area contributed by atoms with E-state index in [-0.39, 0.29) is 0 Å². The Bertz CT molecular complexity index is 568. The van der Waals surface area contributed by atoms with Gasteiger partial charge in [-0.05, 0) is 32.2 Å². The van der Waals surface area contributed by atoms with E-state index in [1.165, 1.54) is 28.2 Å². The molecule has 21 heavy (non-hydrogen) atoms. The second-order valence-corrected chi connectivity index (χ2v) is 7.66. The van der Waals surface area contributed by atoms with E-state index < -0.39 is 10.0 Å². The van der Waals surface area contributed by atoms with Gasteiger partial charge in [0.15, 0.2) is 0 Å². The zero-order valence-corrected chi connectivity index (χ0v) is 14.0. The van der Waals surface area contributed by atoms with E-state index in [0.717, 1.165) is 25.8 Å². The average Bonchev–Trinajstić information content (AvgIpc) is 2.80. The first-order chi connectivity index (χ1) is 9.93. The minimum Gasteiger partial charge on any atom is -0.310 e. The number of hydrogen-bond donors (Lipinski definition) is 1. The van der Waals surface area contributed by atoms with Crippen molar-refractivity contribution in [2.24, 2.45) is 7.05 Å². The number of nitrogens with one attached hydrogen (secondary N) is 1. The number of nitrogens with zero attached hydrogens (tertiary/aromatic N) is 3. The second kappa shape index (κ2) is 6.89. The van der Waals surface area contributed by atoms with Gasteiger partial charge in [-0.1, -0.05) is 6.92 Å². The molecule has 7 heteroatoms. The number of fused-ring (bicyclic) bond motifs is 1. The molecule has 1 heterocycles. The van der Waals surface area contributed by atoms with Crippen LogP contribution in [0.5, 0.6) is 0 Å². The Morgan fingerprint density at radius 3 is 2.95 bits per heavy atom. The predicted octanol–water partition coefficient (Wildman–Crippen LogP) is 1.06. The van der Waals surface area contributed by atoms with Crippen LogP contribution in [-0.2, 0) is 23.5 Å². The molecule has 1 aliphatic rings. The van der Waals surface area contributed by atoms with Crippen LogP contribution in [0, 0.1) is 0 Å². The maximum absolute atomic E-state index is 11.5.